The van der Waals surface area contributed by atoms with Crippen LogP contribution in [-0.2, 0) is 6.18 Å². The number of halogens is 4. The molecule has 0 aliphatic carbocycles. The smallest absolute Gasteiger partial charge is 0.870 e. The predicted molar refractivity (Wildman–Crippen MR) is 40.7 cm³/mol. The molecule has 0 heterocycles. The van der Waals surface area contributed by atoms with Gasteiger partial charge < -0.3 is 11.0 Å². The van der Waals surface area contributed by atoms with Crippen molar-refractivity contribution in [3.05, 3.63) is 29.6 Å². The number of hydrogen-bond donors (Lipinski definition) is 0. The van der Waals surface area contributed by atoms with Crippen molar-refractivity contribution in [1.82, 2.24) is 0 Å². The van der Waals surface area contributed by atoms with Gasteiger partial charge in [-0.15, -0.1) is 0 Å². The van der Waals surface area contributed by atoms with Gasteiger partial charge in [0.1, 0.15) is 0 Å². The van der Waals surface area contributed by atoms with Crippen LogP contribution in [0.2, 0.25) is 0 Å². The van der Waals surface area contributed by atoms with Gasteiger partial charge in [-0.3, -0.25) is 0 Å². The molecule has 0 spiro atoms. The van der Waals surface area contributed by atoms with E-state index < -0.39 is 17.6 Å². The van der Waals surface area contributed by atoms with Crippen molar-refractivity contribution >= 4 is 13.3 Å². The van der Waals surface area contributed by atoms with Gasteiger partial charge in [-0.05, 0) is 0 Å². The minimum atomic E-state index is -4.55. The predicted octanol–water partition coefficient (Wildman–Crippen LogP) is 1.28. The molecule has 76 valence electrons. The SMILES string of the molecule is [B+2]c1cc(F)cc(C(F)(F)F)c1.[OH-].[OH-]. The van der Waals surface area contributed by atoms with E-state index in [9.17, 15) is 17.6 Å². The van der Waals surface area contributed by atoms with E-state index >= 15 is 0 Å². The Kier molecular flexibility index (Phi) is 5.47. The van der Waals surface area contributed by atoms with Crippen LogP contribution in [0.4, 0.5) is 17.6 Å². The maximum atomic E-state index is 12.4. The Morgan fingerprint density at radius 1 is 1.00 bits per heavy atom. The zero-order valence-electron chi connectivity index (χ0n) is 6.72. The molecule has 2 N–H and O–H groups in total. The third-order valence-corrected chi connectivity index (χ3v) is 1.25. The molecule has 0 radical (unpaired) electrons. The van der Waals surface area contributed by atoms with Crippen LogP contribution >= 0.6 is 0 Å². The molecule has 1 rings (SSSR count). The molecule has 0 atom stereocenters. The van der Waals surface area contributed by atoms with Crippen molar-refractivity contribution in [3.8, 4) is 0 Å². The van der Waals surface area contributed by atoms with E-state index in [0.29, 0.717) is 12.1 Å². The minimum Gasteiger partial charge on any atom is -0.870 e. The molecule has 1 aromatic carbocycles. The Morgan fingerprint density at radius 2 is 1.50 bits per heavy atom. The van der Waals surface area contributed by atoms with Crippen molar-refractivity contribution in [3.63, 3.8) is 0 Å². The van der Waals surface area contributed by atoms with Crippen LogP contribution in [-0.4, -0.2) is 18.8 Å². The second-order valence-electron chi connectivity index (χ2n) is 2.27. The van der Waals surface area contributed by atoms with Crippen molar-refractivity contribution in [2.75, 3.05) is 0 Å². The van der Waals surface area contributed by atoms with Crippen LogP contribution in [0.3, 0.4) is 0 Å². The third-order valence-electron chi connectivity index (χ3n) is 1.25. The van der Waals surface area contributed by atoms with Gasteiger partial charge in [-0.1, -0.05) is 0 Å². The van der Waals surface area contributed by atoms with Gasteiger partial charge in [0, 0.05) is 0 Å². The van der Waals surface area contributed by atoms with E-state index in [1.807, 2.05) is 0 Å². The molecule has 0 unspecified atom stereocenters. The first-order valence-corrected chi connectivity index (χ1v) is 3.03. The molecule has 0 aliphatic rings. The second-order valence-corrected chi connectivity index (χ2v) is 2.27. The molecule has 0 saturated carbocycles. The first-order valence-electron chi connectivity index (χ1n) is 3.03. The van der Waals surface area contributed by atoms with Crippen LogP contribution in [0.5, 0.6) is 0 Å². The van der Waals surface area contributed by atoms with Crippen LogP contribution in [0.15, 0.2) is 18.2 Å². The summed E-state index contributed by atoms with van der Waals surface area (Å²) in [6.45, 7) is 0. The van der Waals surface area contributed by atoms with Crippen LogP contribution in [0, 0.1) is 5.82 Å². The summed E-state index contributed by atoms with van der Waals surface area (Å²) in [5.74, 6) is -0.984. The van der Waals surface area contributed by atoms with Crippen LogP contribution in [0.1, 0.15) is 5.56 Å². The molecule has 2 nitrogen and oxygen atoms in total. The zero-order valence-corrected chi connectivity index (χ0v) is 6.72. The normalized spacial score (nSPS) is 10.1. The standard InChI is InChI=1S/C7H3BF4.2H2O/c8-5-1-4(7(10,11)12)2-6(9)3-5;;/h1-3H;2*1H2/q+2;;/p-2. The summed E-state index contributed by atoms with van der Waals surface area (Å²) in [6.07, 6.45) is -4.55. The first kappa shape index (κ1) is 15.4. The first-order chi connectivity index (χ1) is 5.39. The summed E-state index contributed by atoms with van der Waals surface area (Å²) in [5.41, 5.74) is -1.30. The molecule has 0 saturated heterocycles. The van der Waals surface area contributed by atoms with E-state index in [0.717, 1.165) is 6.07 Å². The molecule has 14 heavy (non-hydrogen) atoms. The quantitative estimate of drug-likeness (QED) is 0.476. The van der Waals surface area contributed by atoms with E-state index in [4.69, 9.17) is 7.85 Å². The summed E-state index contributed by atoms with van der Waals surface area (Å²) < 4.78 is 48.2. The van der Waals surface area contributed by atoms with Gasteiger partial charge in [-0.2, -0.15) is 0 Å². The van der Waals surface area contributed by atoms with Gasteiger partial charge in [-0.25, -0.2) is 0 Å². The Balaban J connectivity index is 0. The molecule has 0 aliphatic heterocycles. The van der Waals surface area contributed by atoms with Crippen molar-refractivity contribution in [2.45, 2.75) is 6.18 Å². The number of hydrogen-bond acceptors (Lipinski definition) is 2. The molecule has 0 amide bonds. The average Bonchev–Trinajstić information content (AvgIpc) is 1.82. The third kappa shape index (κ3) is 3.76. The van der Waals surface area contributed by atoms with E-state index in [2.05, 4.69) is 0 Å². The summed E-state index contributed by atoms with van der Waals surface area (Å²) in [5, 5.41) is 0. The minimum absolute atomic E-state index is 0. The fraction of sp³-hybridized carbons (Fsp3) is 0.143. The van der Waals surface area contributed by atoms with Crippen molar-refractivity contribution < 1.29 is 28.5 Å². The number of alkyl halides is 3. The van der Waals surface area contributed by atoms with Gasteiger partial charge in [0.25, 0.3) is 0 Å². The summed E-state index contributed by atoms with van der Waals surface area (Å²) in [7, 11) is 5.02. The zero-order chi connectivity index (χ0) is 9.35. The maximum absolute atomic E-state index is 12.4. The fourth-order valence-corrected chi connectivity index (χ4v) is 0.776. The molecule has 7 heteroatoms. The molecule has 0 fully saturated rings. The van der Waals surface area contributed by atoms with E-state index in [1.54, 1.807) is 0 Å². The van der Waals surface area contributed by atoms with Crippen LogP contribution in [0.25, 0.3) is 0 Å². The second kappa shape index (κ2) is 4.97. The van der Waals surface area contributed by atoms with Gasteiger partial charge in [0.15, 0.2) is 0 Å². The number of benzene rings is 1. The molecule has 1 aromatic rings. The summed E-state index contributed by atoms with van der Waals surface area (Å²) >= 11 is 0. The Labute approximate surface area is 78.6 Å². The van der Waals surface area contributed by atoms with Crippen molar-refractivity contribution in [2.24, 2.45) is 0 Å². The number of rotatable bonds is 0. The molecular weight excluding hydrogens is 203 g/mol. The van der Waals surface area contributed by atoms with Gasteiger partial charge >= 0.3 is 66.6 Å². The Hall–Kier alpha value is -1.08. The topological polar surface area (TPSA) is 60.0 Å². The Bertz CT molecular complexity index is 280. The van der Waals surface area contributed by atoms with Gasteiger partial charge in [0.05, 0.1) is 0 Å². The maximum Gasteiger partial charge on any atom is -0.870 e. The fourth-order valence-electron chi connectivity index (χ4n) is 0.776. The summed E-state index contributed by atoms with van der Waals surface area (Å²) in [4.78, 5) is 0. The molecule has 0 bridgehead atoms. The van der Waals surface area contributed by atoms with Crippen molar-refractivity contribution in [1.29, 1.82) is 0 Å². The average molecular weight is 208 g/mol. The molecular formula is C7H5BF4O2. The van der Waals surface area contributed by atoms with E-state index in [-0.39, 0.29) is 16.4 Å². The Morgan fingerprint density at radius 3 is 1.86 bits per heavy atom. The monoisotopic (exact) mass is 208 g/mol. The largest absolute Gasteiger partial charge is 0.870 e. The summed E-state index contributed by atoms with van der Waals surface area (Å²) in [6, 6.07) is 1.91. The van der Waals surface area contributed by atoms with Crippen LogP contribution < -0.4 is 5.46 Å². The molecule has 0 aromatic heterocycles. The van der Waals surface area contributed by atoms with E-state index in [1.165, 1.54) is 0 Å². The van der Waals surface area contributed by atoms with Gasteiger partial charge in [0.2, 0.25) is 0 Å².